The molecule has 0 radical (unpaired) electrons. The molecule has 0 aliphatic heterocycles. The third-order valence-electron chi connectivity index (χ3n) is 2.47. The average molecular weight is 311 g/mol. The summed E-state index contributed by atoms with van der Waals surface area (Å²) in [6.45, 7) is 5.02. The highest BCUT2D eigenvalue weighted by atomic mass is 16.7. The normalized spacial score (nSPS) is 11.6. The van der Waals surface area contributed by atoms with E-state index in [1.165, 1.54) is 24.3 Å². The standard InChI is InChI=1S/C14H17NO7/c1-4-12(13(16)20-9(2)3)22-14(17)21-11-7-5-10(6-8-11)15(18)19/h5-9,12H,4H2,1-3H3. The van der Waals surface area contributed by atoms with Gasteiger partial charge in [0.15, 0.2) is 0 Å². The van der Waals surface area contributed by atoms with Gasteiger partial charge >= 0.3 is 12.1 Å². The molecule has 1 aromatic carbocycles. The van der Waals surface area contributed by atoms with E-state index in [2.05, 4.69) is 0 Å². The van der Waals surface area contributed by atoms with Crippen LogP contribution in [0, 0.1) is 10.1 Å². The summed E-state index contributed by atoms with van der Waals surface area (Å²) in [4.78, 5) is 33.2. The maximum absolute atomic E-state index is 11.7. The van der Waals surface area contributed by atoms with Crippen molar-refractivity contribution in [3.63, 3.8) is 0 Å². The first kappa shape index (κ1) is 17.4. The van der Waals surface area contributed by atoms with Crippen molar-refractivity contribution in [3.05, 3.63) is 34.4 Å². The van der Waals surface area contributed by atoms with Crippen molar-refractivity contribution >= 4 is 17.8 Å². The number of hydrogen-bond donors (Lipinski definition) is 0. The fourth-order valence-corrected chi connectivity index (χ4v) is 1.48. The Morgan fingerprint density at radius 3 is 2.23 bits per heavy atom. The lowest BCUT2D eigenvalue weighted by molar-refractivity contribution is -0.384. The number of benzene rings is 1. The summed E-state index contributed by atoms with van der Waals surface area (Å²) in [5.41, 5.74) is -0.132. The van der Waals surface area contributed by atoms with Gasteiger partial charge in [0.2, 0.25) is 6.10 Å². The lowest BCUT2D eigenvalue weighted by Gasteiger charge is -2.16. The van der Waals surface area contributed by atoms with E-state index in [9.17, 15) is 19.7 Å². The number of carbonyl (C=O) groups is 2. The highest BCUT2D eigenvalue weighted by molar-refractivity contribution is 5.78. The molecule has 1 aromatic rings. The molecule has 8 heteroatoms. The van der Waals surface area contributed by atoms with Crippen LogP contribution >= 0.6 is 0 Å². The number of hydrogen-bond acceptors (Lipinski definition) is 7. The van der Waals surface area contributed by atoms with Crippen molar-refractivity contribution in [2.24, 2.45) is 0 Å². The molecule has 1 unspecified atom stereocenters. The summed E-state index contributed by atoms with van der Waals surface area (Å²) in [5, 5.41) is 10.5. The number of esters is 1. The zero-order valence-electron chi connectivity index (χ0n) is 12.5. The van der Waals surface area contributed by atoms with Gasteiger partial charge in [-0.05, 0) is 32.4 Å². The molecule has 0 fully saturated rings. The first-order valence-corrected chi connectivity index (χ1v) is 6.67. The molecule has 8 nitrogen and oxygen atoms in total. The second kappa shape index (κ2) is 7.96. The van der Waals surface area contributed by atoms with Gasteiger partial charge in [0, 0.05) is 12.1 Å². The lowest BCUT2D eigenvalue weighted by Crippen LogP contribution is -2.31. The van der Waals surface area contributed by atoms with Crippen LogP contribution in [-0.4, -0.2) is 29.3 Å². The Morgan fingerprint density at radius 2 is 1.77 bits per heavy atom. The Balaban J connectivity index is 2.60. The van der Waals surface area contributed by atoms with Crippen LogP contribution in [0.25, 0.3) is 0 Å². The maximum atomic E-state index is 11.7. The van der Waals surface area contributed by atoms with Crippen molar-refractivity contribution in [2.45, 2.75) is 39.4 Å². The minimum absolute atomic E-state index is 0.0719. The second-order valence-electron chi connectivity index (χ2n) is 4.60. The number of rotatable bonds is 6. The first-order chi connectivity index (χ1) is 10.3. The molecule has 0 N–H and O–H groups in total. The van der Waals surface area contributed by atoms with Gasteiger partial charge in [-0.1, -0.05) is 6.92 Å². The Bertz CT molecular complexity index is 539. The van der Waals surface area contributed by atoms with Gasteiger partial charge < -0.3 is 14.2 Å². The Morgan fingerprint density at radius 1 is 1.18 bits per heavy atom. The average Bonchev–Trinajstić information content (AvgIpc) is 2.44. The van der Waals surface area contributed by atoms with E-state index in [-0.39, 0.29) is 24.0 Å². The molecule has 0 aliphatic rings. The Hall–Kier alpha value is -2.64. The van der Waals surface area contributed by atoms with E-state index in [1.54, 1.807) is 20.8 Å². The molecular weight excluding hydrogens is 294 g/mol. The van der Waals surface area contributed by atoms with E-state index in [0.29, 0.717) is 0 Å². The van der Waals surface area contributed by atoms with Gasteiger partial charge in [-0.3, -0.25) is 10.1 Å². The quantitative estimate of drug-likeness (QED) is 0.344. The molecule has 0 saturated heterocycles. The van der Waals surface area contributed by atoms with E-state index < -0.39 is 23.2 Å². The van der Waals surface area contributed by atoms with Gasteiger partial charge in [0.25, 0.3) is 5.69 Å². The molecule has 0 saturated carbocycles. The van der Waals surface area contributed by atoms with Crippen LogP contribution in [-0.2, 0) is 14.3 Å². The van der Waals surface area contributed by atoms with Gasteiger partial charge in [-0.25, -0.2) is 9.59 Å². The zero-order valence-corrected chi connectivity index (χ0v) is 12.5. The molecule has 0 bridgehead atoms. The molecule has 1 atom stereocenters. The third kappa shape index (κ3) is 5.39. The van der Waals surface area contributed by atoms with E-state index >= 15 is 0 Å². The van der Waals surface area contributed by atoms with Gasteiger partial charge in [-0.2, -0.15) is 0 Å². The molecule has 22 heavy (non-hydrogen) atoms. The third-order valence-corrected chi connectivity index (χ3v) is 2.47. The van der Waals surface area contributed by atoms with Crippen LogP contribution in [0.4, 0.5) is 10.5 Å². The maximum Gasteiger partial charge on any atom is 0.514 e. The van der Waals surface area contributed by atoms with Crippen LogP contribution in [0.3, 0.4) is 0 Å². The van der Waals surface area contributed by atoms with Crippen molar-refractivity contribution in [1.29, 1.82) is 0 Å². The van der Waals surface area contributed by atoms with Gasteiger partial charge in [-0.15, -0.1) is 0 Å². The monoisotopic (exact) mass is 311 g/mol. The molecule has 1 rings (SSSR count). The molecular formula is C14H17NO7. The van der Waals surface area contributed by atoms with Crippen molar-refractivity contribution < 1.29 is 28.7 Å². The highest BCUT2D eigenvalue weighted by Crippen LogP contribution is 2.18. The summed E-state index contributed by atoms with van der Waals surface area (Å²) >= 11 is 0. The summed E-state index contributed by atoms with van der Waals surface area (Å²) in [7, 11) is 0. The number of nitrogens with zero attached hydrogens (tertiary/aromatic N) is 1. The molecule has 0 aromatic heterocycles. The Kier molecular flexibility index (Phi) is 6.30. The topological polar surface area (TPSA) is 105 Å². The summed E-state index contributed by atoms with van der Waals surface area (Å²) in [6.07, 6.45) is -2.23. The lowest BCUT2D eigenvalue weighted by atomic mass is 10.3. The molecule has 0 heterocycles. The van der Waals surface area contributed by atoms with Crippen LogP contribution in [0.5, 0.6) is 5.75 Å². The Labute approximate surface area is 127 Å². The zero-order chi connectivity index (χ0) is 16.7. The van der Waals surface area contributed by atoms with E-state index in [1.807, 2.05) is 0 Å². The number of nitro groups is 1. The van der Waals surface area contributed by atoms with Crippen molar-refractivity contribution in [2.75, 3.05) is 0 Å². The summed E-state index contributed by atoms with van der Waals surface area (Å²) in [6, 6.07) is 4.89. The van der Waals surface area contributed by atoms with Gasteiger partial charge in [0.05, 0.1) is 11.0 Å². The van der Waals surface area contributed by atoms with E-state index in [0.717, 1.165) is 0 Å². The van der Waals surface area contributed by atoms with E-state index in [4.69, 9.17) is 14.2 Å². The largest absolute Gasteiger partial charge is 0.514 e. The number of ether oxygens (including phenoxy) is 3. The van der Waals surface area contributed by atoms with Crippen LogP contribution in [0.2, 0.25) is 0 Å². The smallest absolute Gasteiger partial charge is 0.460 e. The molecule has 0 aliphatic carbocycles. The minimum Gasteiger partial charge on any atom is -0.460 e. The number of non-ortho nitro benzene ring substituents is 1. The predicted molar refractivity (Wildman–Crippen MR) is 75.5 cm³/mol. The van der Waals surface area contributed by atoms with Crippen LogP contribution in [0.15, 0.2) is 24.3 Å². The predicted octanol–water partition coefficient (Wildman–Crippen LogP) is 2.84. The first-order valence-electron chi connectivity index (χ1n) is 6.67. The van der Waals surface area contributed by atoms with Gasteiger partial charge in [0.1, 0.15) is 5.75 Å². The SMILES string of the molecule is CCC(OC(=O)Oc1ccc([N+](=O)[O-])cc1)C(=O)OC(C)C. The fraction of sp³-hybridized carbons (Fsp3) is 0.429. The minimum atomic E-state index is -1.08. The van der Waals surface area contributed by atoms with Crippen molar-refractivity contribution in [1.82, 2.24) is 0 Å². The van der Waals surface area contributed by atoms with Crippen LogP contribution < -0.4 is 4.74 Å². The van der Waals surface area contributed by atoms with Crippen molar-refractivity contribution in [3.8, 4) is 5.75 Å². The highest BCUT2D eigenvalue weighted by Gasteiger charge is 2.24. The second-order valence-corrected chi connectivity index (χ2v) is 4.60. The summed E-state index contributed by atoms with van der Waals surface area (Å²) < 4.78 is 14.7. The fourth-order valence-electron chi connectivity index (χ4n) is 1.48. The molecule has 0 spiro atoms. The molecule has 120 valence electrons. The number of nitro benzene ring substituents is 1. The molecule has 0 amide bonds. The summed E-state index contributed by atoms with van der Waals surface area (Å²) in [5.74, 6) is -0.583. The van der Waals surface area contributed by atoms with Crippen LogP contribution in [0.1, 0.15) is 27.2 Å². The number of carbonyl (C=O) groups excluding carboxylic acids is 2.